The highest BCUT2D eigenvalue weighted by Crippen LogP contribution is 2.27. The highest BCUT2D eigenvalue weighted by molar-refractivity contribution is 6.69. The molecule has 0 aromatic heterocycles. The van der Waals surface area contributed by atoms with Gasteiger partial charge in [0, 0.05) is 0 Å². The van der Waals surface area contributed by atoms with E-state index in [9.17, 15) is 5.26 Å². The molecule has 4 heteroatoms. The number of nitrogens with zero attached hydrogens (tertiary/aromatic N) is 1. The van der Waals surface area contributed by atoms with Gasteiger partial charge in [-0.05, 0) is 49.5 Å². The summed E-state index contributed by atoms with van der Waals surface area (Å²) in [6, 6.07) is 19.3. The molecule has 0 aliphatic carbocycles. The molecule has 0 amide bonds. The fraction of sp³-hybridized carbons (Fsp3) is 0.235. The lowest BCUT2D eigenvalue weighted by Crippen LogP contribution is -2.27. The maximum atomic E-state index is 9.33. The average molecular weight is 297 g/mol. The van der Waals surface area contributed by atoms with Gasteiger partial charge in [0.1, 0.15) is 11.5 Å². The number of hydrogen-bond donors (Lipinski definition) is 0. The number of ether oxygens (including phenoxy) is 1. The molecule has 108 valence electrons. The minimum Gasteiger partial charge on any atom is -0.457 e. The summed E-state index contributed by atoms with van der Waals surface area (Å²) in [4.78, 5) is 0. The lowest BCUT2D eigenvalue weighted by Gasteiger charge is -2.22. The van der Waals surface area contributed by atoms with Crippen LogP contribution in [-0.4, -0.2) is 8.32 Å². The van der Waals surface area contributed by atoms with Crippen LogP contribution < -0.4 is 4.74 Å². The molecule has 0 saturated heterocycles. The van der Waals surface area contributed by atoms with E-state index in [1.807, 2.05) is 54.6 Å². The van der Waals surface area contributed by atoms with Gasteiger partial charge in [-0.15, -0.1) is 0 Å². The SMILES string of the molecule is C[Si](C)(C)OC(C#N)c1cccc(Oc2ccccc2)c1. The largest absolute Gasteiger partial charge is 0.457 e. The Kier molecular flexibility index (Phi) is 4.79. The molecule has 0 fully saturated rings. The molecule has 2 rings (SSSR count). The van der Waals surface area contributed by atoms with Crippen molar-refractivity contribution in [1.29, 1.82) is 5.26 Å². The van der Waals surface area contributed by atoms with Gasteiger partial charge in [0.15, 0.2) is 14.4 Å². The Balaban J connectivity index is 2.19. The van der Waals surface area contributed by atoms with Crippen LogP contribution in [0.3, 0.4) is 0 Å². The molecule has 1 unspecified atom stereocenters. The van der Waals surface area contributed by atoms with Crippen molar-refractivity contribution in [2.24, 2.45) is 0 Å². The van der Waals surface area contributed by atoms with Crippen molar-refractivity contribution in [3.63, 3.8) is 0 Å². The highest BCUT2D eigenvalue weighted by atomic mass is 28.4. The fourth-order valence-corrected chi connectivity index (χ4v) is 2.78. The number of rotatable bonds is 5. The number of nitriles is 1. The molecule has 0 bridgehead atoms. The summed E-state index contributed by atoms with van der Waals surface area (Å²) in [6.45, 7) is 6.21. The minimum absolute atomic E-state index is 0.545. The maximum absolute atomic E-state index is 9.33. The van der Waals surface area contributed by atoms with E-state index in [-0.39, 0.29) is 0 Å². The van der Waals surface area contributed by atoms with Crippen LogP contribution in [0.15, 0.2) is 54.6 Å². The molecule has 3 nitrogen and oxygen atoms in total. The Bertz CT molecular complexity index is 629. The van der Waals surface area contributed by atoms with Gasteiger partial charge < -0.3 is 9.16 Å². The van der Waals surface area contributed by atoms with Gasteiger partial charge >= 0.3 is 0 Å². The molecule has 0 spiro atoms. The van der Waals surface area contributed by atoms with Crippen LogP contribution in [-0.2, 0) is 4.43 Å². The summed E-state index contributed by atoms with van der Waals surface area (Å²) in [5, 5.41) is 9.33. The summed E-state index contributed by atoms with van der Waals surface area (Å²) in [5.41, 5.74) is 0.827. The van der Waals surface area contributed by atoms with Gasteiger partial charge in [-0.3, -0.25) is 0 Å². The second-order valence-corrected chi connectivity index (χ2v) is 10.2. The monoisotopic (exact) mass is 297 g/mol. The molecular formula is C17H19NO2Si. The Hall–Kier alpha value is -2.09. The van der Waals surface area contributed by atoms with Crippen molar-refractivity contribution in [3.05, 3.63) is 60.2 Å². The van der Waals surface area contributed by atoms with E-state index in [0.29, 0.717) is 5.75 Å². The first-order valence-electron chi connectivity index (χ1n) is 6.88. The van der Waals surface area contributed by atoms with E-state index in [0.717, 1.165) is 11.3 Å². The van der Waals surface area contributed by atoms with Gasteiger partial charge in [-0.25, -0.2) is 0 Å². The van der Waals surface area contributed by atoms with Gasteiger partial charge in [-0.1, -0.05) is 30.3 Å². The van der Waals surface area contributed by atoms with Gasteiger partial charge in [0.25, 0.3) is 0 Å². The zero-order valence-corrected chi connectivity index (χ0v) is 13.5. The van der Waals surface area contributed by atoms with Gasteiger partial charge in [-0.2, -0.15) is 5.26 Å². The molecule has 0 saturated carbocycles. The van der Waals surface area contributed by atoms with Crippen molar-refractivity contribution >= 4 is 8.32 Å². The van der Waals surface area contributed by atoms with E-state index in [1.165, 1.54) is 0 Å². The van der Waals surface area contributed by atoms with Crippen molar-refractivity contribution in [2.45, 2.75) is 25.7 Å². The van der Waals surface area contributed by atoms with E-state index < -0.39 is 14.4 Å². The number of benzene rings is 2. The average Bonchev–Trinajstić information content (AvgIpc) is 2.45. The molecule has 2 aromatic carbocycles. The van der Waals surface area contributed by atoms with E-state index in [1.54, 1.807) is 0 Å². The van der Waals surface area contributed by atoms with Crippen LogP contribution >= 0.6 is 0 Å². The Labute approximate surface area is 126 Å². The zero-order valence-electron chi connectivity index (χ0n) is 12.5. The molecule has 0 heterocycles. The smallest absolute Gasteiger partial charge is 0.186 e. The minimum atomic E-state index is -1.78. The maximum Gasteiger partial charge on any atom is 0.186 e. The van der Waals surface area contributed by atoms with Crippen molar-refractivity contribution in [3.8, 4) is 17.6 Å². The van der Waals surface area contributed by atoms with Gasteiger partial charge in [0.2, 0.25) is 0 Å². The summed E-state index contributed by atoms with van der Waals surface area (Å²) in [7, 11) is -1.78. The highest BCUT2D eigenvalue weighted by Gasteiger charge is 2.22. The van der Waals surface area contributed by atoms with Crippen molar-refractivity contribution in [2.75, 3.05) is 0 Å². The first-order valence-corrected chi connectivity index (χ1v) is 10.3. The Morgan fingerprint density at radius 2 is 1.62 bits per heavy atom. The summed E-state index contributed by atoms with van der Waals surface area (Å²) >= 11 is 0. The van der Waals surface area contributed by atoms with Crippen LogP contribution in [0.1, 0.15) is 11.7 Å². The summed E-state index contributed by atoms with van der Waals surface area (Å²) in [5.74, 6) is 1.48. The third-order valence-electron chi connectivity index (χ3n) is 2.73. The van der Waals surface area contributed by atoms with Crippen LogP contribution in [0.2, 0.25) is 19.6 Å². The standard InChI is InChI=1S/C17H19NO2Si/c1-21(2,3)20-17(13-18)14-8-7-11-16(12-14)19-15-9-5-4-6-10-15/h4-12,17H,1-3H3. The second kappa shape index (κ2) is 6.57. The van der Waals surface area contributed by atoms with E-state index in [2.05, 4.69) is 25.7 Å². The van der Waals surface area contributed by atoms with Crippen molar-refractivity contribution < 1.29 is 9.16 Å². The predicted molar refractivity (Wildman–Crippen MR) is 85.7 cm³/mol. The zero-order chi connectivity index (χ0) is 15.3. The molecule has 0 aliphatic rings. The molecule has 0 aliphatic heterocycles. The topological polar surface area (TPSA) is 42.2 Å². The molecule has 21 heavy (non-hydrogen) atoms. The van der Waals surface area contributed by atoms with Crippen LogP contribution in [0.4, 0.5) is 0 Å². The Morgan fingerprint density at radius 1 is 0.952 bits per heavy atom. The third kappa shape index (κ3) is 4.74. The Morgan fingerprint density at radius 3 is 2.24 bits per heavy atom. The second-order valence-electron chi connectivity index (χ2n) is 5.73. The lowest BCUT2D eigenvalue weighted by molar-refractivity contribution is 0.254. The number of para-hydroxylation sites is 1. The molecule has 0 radical (unpaired) electrons. The number of hydrogen-bond acceptors (Lipinski definition) is 3. The van der Waals surface area contributed by atoms with Crippen molar-refractivity contribution in [1.82, 2.24) is 0 Å². The molecular weight excluding hydrogens is 278 g/mol. The predicted octanol–water partition coefficient (Wildman–Crippen LogP) is 4.90. The molecule has 2 aromatic rings. The van der Waals surface area contributed by atoms with Gasteiger partial charge in [0.05, 0.1) is 6.07 Å². The van der Waals surface area contributed by atoms with E-state index in [4.69, 9.17) is 9.16 Å². The van der Waals surface area contributed by atoms with Crippen LogP contribution in [0, 0.1) is 11.3 Å². The summed E-state index contributed by atoms with van der Waals surface area (Å²) < 4.78 is 11.7. The van der Waals surface area contributed by atoms with Crippen LogP contribution in [0.25, 0.3) is 0 Å². The third-order valence-corrected chi connectivity index (χ3v) is 3.67. The quantitative estimate of drug-likeness (QED) is 0.737. The lowest BCUT2D eigenvalue weighted by atomic mass is 10.1. The normalized spacial score (nSPS) is 12.5. The molecule has 1 atom stereocenters. The van der Waals surface area contributed by atoms with E-state index >= 15 is 0 Å². The fourth-order valence-electron chi connectivity index (χ4n) is 1.89. The van der Waals surface area contributed by atoms with Crippen LogP contribution in [0.5, 0.6) is 11.5 Å². The first-order chi connectivity index (χ1) is 9.98. The first kappa shape index (κ1) is 15.3. The summed E-state index contributed by atoms with van der Waals surface area (Å²) in [6.07, 6.45) is -0.545. The molecule has 0 N–H and O–H groups in total.